The molecule has 3 aliphatic carbocycles. The Hall–Kier alpha value is -12.0. The van der Waals surface area contributed by atoms with Crippen LogP contribution in [0.15, 0.2) is 212 Å². The van der Waals surface area contributed by atoms with Crippen molar-refractivity contribution in [2.75, 3.05) is 72.7 Å². The molecule has 530 valence electrons. The van der Waals surface area contributed by atoms with Gasteiger partial charge >= 0.3 is 6.29 Å². The van der Waals surface area contributed by atoms with Crippen molar-refractivity contribution in [1.82, 2.24) is 20.3 Å². The van der Waals surface area contributed by atoms with Crippen LogP contribution in [0.25, 0.3) is 43.6 Å². The molecule has 2 saturated heterocycles. The molecule has 0 atom stereocenters. The fourth-order valence-electron chi connectivity index (χ4n) is 14.3. The van der Waals surface area contributed by atoms with Gasteiger partial charge in [-0.3, -0.25) is 24.0 Å². The number of halogens is 2. The lowest BCUT2D eigenvalue weighted by Gasteiger charge is -2.34. The number of methoxy groups -OCH3 is 2. The SMILES string of the molecule is COc1ccc(C2(C(=O)Nc3cc4ccccc4c(N4CCC(c5ccccc5)CC4)n3)CC2)cc1.COc1ccc(C2(C(=O)Nc3cc4ccccc4c(N4CCNC(=O)C4)n3)CC2)cc1.NC(=O)c1cccc(-c2nc(NC(=O)C3(c4ccc5c(c4)OC(F)(F)O5)CC3)cc3ccccc23)c1.[HH].[HH].[HH].[HH].[HH]. The summed E-state index contributed by atoms with van der Waals surface area (Å²) in [4.78, 5) is 82.6. The summed E-state index contributed by atoms with van der Waals surface area (Å²) in [5.41, 5.74) is 9.18. The van der Waals surface area contributed by atoms with Crippen molar-refractivity contribution in [1.29, 1.82) is 0 Å². The fourth-order valence-corrected chi connectivity index (χ4v) is 14.3. The Morgan fingerprint density at radius 2 is 0.981 bits per heavy atom. The zero-order chi connectivity index (χ0) is 71.0. The number of alkyl halides is 2. The maximum Gasteiger partial charge on any atom is 0.586 e. The van der Waals surface area contributed by atoms with Gasteiger partial charge in [-0.15, -0.1) is 8.78 Å². The number of amides is 5. The fraction of sp³-hybridized carbons (Fsp3) is 0.244. The lowest BCUT2D eigenvalue weighted by molar-refractivity contribution is -0.286. The Labute approximate surface area is 600 Å². The number of nitrogens with zero attached hydrogens (tertiary/aromatic N) is 5. The summed E-state index contributed by atoms with van der Waals surface area (Å²) in [6, 6.07) is 67.0. The van der Waals surface area contributed by atoms with Gasteiger partial charge in [-0.05, 0) is 162 Å². The number of nitrogens with one attached hydrogen (secondary N) is 4. The molecule has 0 unspecified atom stereocenters. The first-order valence-electron chi connectivity index (χ1n) is 34.5. The summed E-state index contributed by atoms with van der Waals surface area (Å²) < 4.78 is 46.4. The standard InChI is InChI=1S/C31H31N3O2.C27H19F2N3O4.C24H24N4O3.5H2/c1-36-26-13-11-25(12-14-26)31(17-18-31)30(35)33-28-21-24-9-5-6-10-27(24)29(32-28)34-19-15-23(16-20-34)22-7-3-2-4-8-22;28-27(29)35-20-9-8-18(14-21(20)36-27)26(10-11-26)25(34)32-22-13-15-4-1-2-7-19(15)23(31-22)16-5-3-6-17(12-16)24(30)33;1-31-18-8-6-17(7-9-18)24(10-11-24)23(30)27-20-14-16-4-2-3-5-19(16)22(26-20)28-13-12-25-21(29)15-28;;;;;/h2-14,21,23H,15-20H2,1H3,(H,32,33,35);1-9,12-14H,10-11H2,(H2,30,33)(H,31,32,34);2-9,14H,10-13,15H2,1H3,(H,25,29)(H,26,27,30);5*1H. The normalized spacial score (nSPS) is 16.9. The predicted molar refractivity (Wildman–Crippen MR) is 403 cm³/mol. The van der Waals surface area contributed by atoms with Gasteiger partial charge in [0.25, 0.3) is 0 Å². The van der Waals surface area contributed by atoms with Crippen molar-refractivity contribution in [2.24, 2.45) is 5.73 Å². The number of pyridine rings is 3. The highest BCUT2D eigenvalue weighted by molar-refractivity contribution is 6.07. The molecular weight excluding hydrogens is 1310 g/mol. The molecule has 0 bridgehead atoms. The summed E-state index contributed by atoms with van der Waals surface area (Å²) in [5.74, 6) is 4.21. The number of carbonyl (C=O) groups excluding carboxylic acids is 5. The molecule has 6 heterocycles. The Bertz CT molecular complexity index is 5130. The number of primary amides is 1. The Morgan fingerprint density at radius 3 is 1.50 bits per heavy atom. The van der Waals surface area contributed by atoms with Crippen molar-refractivity contribution in [2.45, 2.75) is 79.8 Å². The molecule has 6 aliphatic rings. The molecule has 103 heavy (non-hydrogen) atoms. The number of anilines is 5. The third-order valence-electron chi connectivity index (χ3n) is 20.5. The van der Waals surface area contributed by atoms with Gasteiger partial charge in [-0.25, -0.2) is 15.0 Å². The highest BCUT2D eigenvalue weighted by Crippen LogP contribution is 2.54. The first-order chi connectivity index (χ1) is 50.0. The number of piperidine rings is 1. The molecule has 3 aliphatic heterocycles. The number of ether oxygens (including phenoxy) is 4. The van der Waals surface area contributed by atoms with Crippen LogP contribution in [-0.2, 0) is 35.4 Å². The Kier molecular flexibility index (Phi) is 17.9. The second-order valence-electron chi connectivity index (χ2n) is 27.0. The number of carbonyl (C=O) groups is 5. The van der Waals surface area contributed by atoms with Gasteiger partial charge in [0.15, 0.2) is 11.5 Å². The maximum absolute atomic E-state index is 13.5. The summed E-state index contributed by atoms with van der Waals surface area (Å²) in [5, 5.41) is 17.8. The van der Waals surface area contributed by atoms with Crippen molar-refractivity contribution in [3.05, 3.63) is 240 Å². The number of benzene rings is 8. The van der Waals surface area contributed by atoms with Gasteiger partial charge in [0, 0.05) is 60.6 Å². The molecule has 19 nitrogen and oxygen atoms in total. The van der Waals surface area contributed by atoms with Gasteiger partial charge < -0.3 is 55.7 Å². The summed E-state index contributed by atoms with van der Waals surface area (Å²) in [6.45, 7) is 3.40. The number of hydrogen-bond donors (Lipinski definition) is 5. The van der Waals surface area contributed by atoms with E-state index in [1.807, 2.05) is 126 Å². The monoisotopic (exact) mass is 1390 g/mol. The van der Waals surface area contributed by atoms with Gasteiger partial charge in [-0.2, -0.15) is 0 Å². The van der Waals surface area contributed by atoms with Crippen molar-refractivity contribution >= 4 is 90.9 Å². The summed E-state index contributed by atoms with van der Waals surface area (Å²) in [7, 11) is 3.28. The number of rotatable bonds is 16. The first kappa shape index (κ1) is 66.9. The highest BCUT2D eigenvalue weighted by Gasteiger charge is 2.54. The van der Waals surface area contributed by atoms with Gasteiger partial charge in [0.05, 0.1) is 42.7 Å². The minimum absolute atomic E-state index is 0. The van der Waals surface area contributed by atoms with Gasteiger partial charge in [0.2, 0.25) is 29.5 Å². The van der Waals surface area contributed by atoms with Crippen LogP contribution >= 0.6 is 0 Å². The largest absolute Gasteiger partial charge is 0.586 e. The van der Waals surface area contributed by atoms with Crippen LogP contribution in [0, 0.1) is 0 Å². The molecular formula is C82H84F2N10O9. The van der Waals surface area contributed by atoms with Crippen molar-refractivity contribution < 1.29 is 58.8 Å². The summed E-state index contributed by atoms with van der Waals surface area (Å²) >= 11 is 0. The first-order valence-corrected chi connectivity index (χ1v) is 34.5. The number of fused-ring (bicyclic) bond motifs is 4. The van der Waals surface area contributed by atoms with Gasteiger partial charge in [-0.1, -0.05) is 146 Å². The van der Waals surface area contributed by atoms with Crippen molar-refractivity contribution in [3.63, 3.8) is 0 Å². The number of nitrogens with two attached hydrogens (primary N) is 1. The van der Waals surface area contributed by atoms with E-state index in [1.165, 1.54) is 17.7 Å². The third kappa shape index (κ3) is 13.8. The molecule has 17 rings (SSSR count). The molecule has 21 heteroatoms. The van der Waals surface area contributed by atoms with Crippen LogP contribution in [0.3, 0.4) is 0 Å². The molecule has 8 aromatic carbocycles. The Morgan fingerprint density at radius 1 is 0.515 bits per heavy atom. The molecule has 3 saturated carbocycles. The van der Waals surface area contributed by atoms with Crippen LogP contribution in [0.2, 0.25) is 0 Å². The van der Waals surface area contributed by atoms with E-state index < -0.39 is 28.4 Å². The average molecular weight is 1390 g/mol. The minimum atomic E-state index is -3.73. The molecule has 0 spiro atoms. The summed E-state index contributed by atoms with van der Waals surface area (Å²) in [6.07, 6.45) is 2.87. The minimum Gasteiger partial charge on any atom is -0.497 e. The lowest BCUT2D eigenvalue weighted by atomic mass is 9.89. The number of piperazine rings is 1. The molecule has 5 amide bonds. The lowest BCUT2D eigenvalue weighted by Crippen LogP contribution is -2.48. The third-order valence-corrected chi connectivity index (χ3v) is 20.5. The smallest absolute Gasteiger partial charge is 0.497 e. The van der Waals surface area contributed by atoms with E-state index in [1.54, 1.807) is 44.6 Å². The van der Waals surface area contributed by atoms with E-state index in [4.69, 9.17) is 30.2 Å². The van der Waals surface area contributed by atoms with Crippen LogP contribution in [0.1, 0.15) is 97.0 Å². The molecule has 6 N–H and O–H groups in total. The van der Waals surface area contributed by atoms with Crippen LogP contribution in [0.4, 0.5) is 37.9 Å². The topological polar surface area (TPSA) is 242 Å². The average Bonchev–Trinajstić information content (AvgIpc) is 1.59. The van der Waals surface area contributed by atoms with Gasteiger partial charge in [0.1, 0.15) is 40.6 Å². The number of hydrogen-bond acceptors (Lipinski definition) is 14. The molecule has 11 aromatic rings. The molecule has 5 fully saturated rings. The van der Waals surface area contributed by atoms with Crippen LogP contribution in [-0.4, -0.2) is 97.7 Å². The van der Waals surface area contributed by atoms with E-state index in [9.17, 15) is 32.8 Å². The molecule has 0 radical (unpaired) electrons. The van der Waals surface area contributed by atoms with Crippen molar-refractivity contribution in [3.8, 4) is 34.3 Å². The second kappa shape index (κ2) is 27.5. The van der Waals surface area contributed by atoms with E-state index in [0.717, 1.165) is 118 Å². The Balaban J connectivity index is 0.000000169. The zero-order valence-corrected chi connectivity index (χ0v) is 56.7. The highest BCUT2D eigenvalue weighted by atomic mass is 19.3. The maximum atomic E-state index is 13.5. The second-order valence-corrected chi connectivity index (χ2v) is 27.0. The number of aromatic nitrogens is 3. The van der Waals surface area contributed by atoms with Crippen LogP contribution in [0.5, 0.6) is 23.0 Å². The van der Waals surface area contributed by atoms with E-state index >= 15 is 0 Å². The van der Waals surface area contributed by atoms with Crippen LogP contribution < -0.4 is 55.7 Å². The zero-order valence-electron chi connectivity index (χ0n) is 56.7. The predicted octanol–water partition coefficient (Wildman–Crippen LogP) is 15.4. The molecule has 3 aromatic heterocycles. The van der Waals surface area contributed by atoms with E-state index in [-0.39, 0.29) is 48.8 Å². The van der Waals surface area contributed by atoms with E-state index in [2.05, 4.69) is 84.2 Å². The van der Waals surface area contributed by atoms with E-state index in [0.29, 0.717) is 71.7 Å². The quantitative estimate of drug-likeness (QED) is 0.0605.